The number of esters is 2. The largest absolute Gasteiger partial charge is 0.477 e. The number of ether oxygens (including phenoxy) is 4. The fourth-order valence-electron chi connectivity index (χ4n) is 13.9. The van der Waals surface area contributed by atoms with Gasteiger partial charge in [-0.05, 0) is 133 Å². The quantitative estimate of drug-likeness (QED) is 0.117. The van der Waals surface area contributed by atoms with E-state index in [1.807, 2.05) is 25.1 Å². The molecule has 2 N–H and O–H groups in total. The van der Waals surface area contributed by atoms with Gasteiger partial charge in [0.05, 0.1) is 22.0 Å². The lowest BCUT2D eigenvalue weighted by Crippen LogP contribution is -2.76. The molecule has 338 valence electrons. The van der Waals surface area contributed by atoms with E-state index >= 15 is 0 Å². The number of aryl methyl sites for hydroxylation is 1. The van der Waals surface area contributed by atoms with Crippen LogP contribution in [0.2, 0.25) is 0 Å². The molecule has 2 bridgehead atoms. The predicted octanol–water partition coefficient (Wildman–Crippen LogP) is 6.36. The summed E-state index contributed by atoms with van der Waals surface area (Å²) in [7, 11) is 0. The molecule has 2 spiro atoms. The van der Waals surface area contributed by atoms with Crippen LogP contribution in [0.1, 0.15) is 145 Å². The Labute approximate surface area is 370 Å². The summed E-state index contributed by atoms with van der Waals surface area (Å²) in [5.41, 5.74) is -0.121. The summed E-state index contributed by atoms with van der Waals surface area (Å²) in [6.07, 6.45) is 12.1. The van der Waals surface area contributed by atoms with Crippen molar-refractivity contribution in [1.82, 2.24) is 9.80 Å². The van der Waals surface area contributed by atoms with Gasteiger partial charge in [0.1, 0.15) is 0 Å². The molecule has 9 aliphatic rings. The number of aliphatic hydroxyl groups is 2. The molecule has 2 aromatic carbocycles. The van der Waals surface area contributed by atoms with E-state index in [-0.39, 0.29) is 54.9 Å². The summed E-state index contributed by atoms with van der Waals surface area (Å²) in [6.45, 7) is 7.68. The Bertz CT molecular complexity index is 2240. The molecule has 6 fully saturated rings. The molecule has 2 unspecified atom stereocenters. The highest BCUT2D eigenvalue weighted by atomic mass is 16.6. The van der Waals surface area contributed by atoms with Crippen LogP contribution in [0.25, 0.3) is 0 Å². The van der Waals surface area contributed by atoms with Gasteiger partial charge in [-0.2, -0.15) is 0 Å². The highest BCUT2D eigenvalue weighted by molar-refractivity contribution is 5.91. The summed E-state index contributed by atoms with van der Waals surface area (Å²) in [6, 6.07) is 7.34. The first kappa shape index (κ1) is 41.8. The number of hydrogen-bond acceptors (Lipinski definition) is 12. The predicted molar refractivity (Wildman–Crippen MR) is 231 cm³/mol. The Hall–Kier alpha value is -3.84. The Morgan fingerprint density at radius 2 is 1.19 bits per heavy atom. The molecule has 2 saturated heterocycles. The van der Waals surface area contributed by atoms with Crippen LogP contribution in [0, 0.1) is 18.8 Å². The van der Waals surface area contributed by atoms with Crippen LogP contribution in [0.15, 0.2) is 24.3 Å². The highest BCUT2D eigenvalue weighted by Gasteiger charge is 2.74. The monoisotopic (exact) mass is 864 g/mol. The lowest BCUT2D eigenvalue weighted by atomic mass is 9.49. The number of ketones is 2. The van der Waals surface area contributed by atoms with Crippen molar-refractivity contribution in [3.63, 3.8) is 0 Å². The number of carbonyl (C=O) groups is 4. The van der Waals surface area contributed by atoms with Crippen molar-refractivity contribution in [3.8, 4) is 23.0 Å². The van der Waals surface area contributed by atoms with E-state index in [0.29, 0.717) is 86.2 Å². The summed E-state index contributed by atoms with van der Waals surface area (Å²) >= 11 is 0. The van der Waals surface area contributed by atoms with Gasteiger partial charge in [-0.1, -0.05) is 37.8 Å². The van der Waals surface area contributed by atoms with E-state index in [1.54, 1.807) is 6.07 Å². The number of fused-ring (bicyclic) bond motifs is 1. The molecule has 0 amide bonds. The third-order valence-corrected chi connectivity index (χ3v) is 17.5. The van der Waals surface area contributed by atoms with Crippen molar-refractivity contribution in [2.24, 2.45) is 11.8 Å². The minimum absolute atomic E-state index is 0.00223. The van der Waals surface area contributed by atoms with Crippen LogP contribution in [0.5, 0.6) is 23.0 Å². The Morgan fingerprint density at radius 3 is 1.79 bits per heavy atom. The second kappa shape index (κ2) is 15.4. The lowest BCUT2D eigenvalue weighted by molar-refractivity contribution is -0.188. The second-order valence-corrected chi connectivity index (χ2v) is 21.1. The molecule has 0 aromatic heterocycles. The Morgan fingerprint density at radius 1 is 0.683 bits per heavy atom. The topological polar surface area (TPSA) is 152 Å². The lowest BCUT2D eigenvalue weighted by Gasteiger charge is -2.62. The van der Waals surface area contributed by atoms with Crippen molar-refractivity contribution in [3.05, 3.63) is 46.5 Å². The molecule has 0 radical (unpaired) electrons. The third kappa shape index (κ3) is 6.41. The van der Waals surface area contributed by atoms with E-state index in [9.17, 15) is 29.4 Å². The van der Waals surface area contributed by atoms with Gasteiger partial charge in [0.2, 0.25) is 0 Å². The van der Waals surface area contributed by atoms with Crippen LogP contribution in [-0.2, 0) is 36.4 Å². The molecule has 8 atom stereocenters. The minimum atomic E-state index is -1.14. The molecule has 4 heterocycles. The summed E-state index contributed by atoms with van der Waals surface area (Å²) < 4.78 is 24.9. The molecule has 4 saturated carbocycles. The maximum Gasteiger partial charge on any atom is 0.311 e. The van der Waals surface area contributed by atoms with Crippen molar-refractivity contribution in [2.45, 2.75) is 182 Å². The molecular weight excluding hydrogens is 801 g/mol. The van der Waals surface area contributed by atoms with Gasteiger partial charge >= 0.3 is 11.9 Å². The minimum Gasteiger partial charge on any atom is -0.477 e. The maximum absolute atomic E-state index is 13.5. The van der Waals surface area contributed by atoms with Crippen molar-refractivity contribution >= 4 is 23.5 Å². The van der Waals surface area contributed by atoms with E-state index in [1.165, 1.54) is 25.7 Å². The SMILES string of the molecule is Cc1ccc(OC(=O)CCCCCCCCC(=O)Oc2ccc3c4c2O[C@H]2C(=O)CC[C@@]5(O)C(C3)N(CC3CC3)CC[C@]425)c2c1[C@]13CCN(CC4CC4)C(C)[C@]1(O)CCC(=O)[C@@H]3O2. The van der Waals surface area contributed by atoms with Gasteiger partial charge in [-0.3, -0.25) is 29.0 Å². The first-order chi connectivity index (χ1) is 30.4. The average molecular weight is 865 g/mol. The number of piperidine rings is 2. The normalized spacial score (nSPS) is 34.9. The third-order valence-electron chi connectivity index (χ3n) is 17.5. The molecule has 5 aliphatic carbocycles. The molecule has 11 rings (SSSR count). The number of benzene rings is 2. The van der Waals surface area contributed by atoms with E-state index in [4.69, 9.17) is 18.9 Å². The molecule has 63 heavy (non-hydrogen) atoms. The number of carbonyl (C=O) groups excluding carboxylic acids is 4. The zero-order valence-corrected chi connectivity index (χ0v) is 37.1. The summed E-state index contributed by atoms with van der Waals surface area (Å²) in [5, 5.41) is 25.1. The van der Waals surface area contributed by atoms with E-state index in [0.717, 1.165) is 74.1 Å². The van der Waals surface area contributed by atoms with Crippen molar-refractivity contribution < 1.29 is 48.3 Å². The zero-order chi connectivity index (χ0) is 43.5. The number of rotatable bonds is 15. The van der Waals surface area contributed by atoms with Crippen LogP contribution in [0.4, 0.5) is 0 Å². The van der Waals surface area contributed by atoms with Gasteiger partial charge in [0.15, 0.2) is 46.8 Å². The summed E-state index contributed by atoms with van der Waals surface area (Å²) in [4.78, 5) is 58.2. The number of hydrogen-bond donors (Lipinski definition) is 2. The van der Waals surface area contributed by atoms with Crippen LogP contribution in [-0.4, -0.2) is 105 Å². The number of nitrogens with zero attached hydrogens (tertiary/aromatic N) is 2. The first-order valence-corrected chi connectivity index (χ1v) is 24.4. The molecule has 12 nitrogen and oxygen atoms in total. The van der Waals surface area contributed by atoms with Gasteiger partial charge in [-0.25, -0.2) is 0 Å². The van der Waals surface area contributed by atoms with Gasteiger partial charge < -0.3 is 29.2 Å². The van der Waals surface area contributed by atoms with Gasteiger partial charge in [0.25, 0.3) is 0 Å². The first-order valence-electron chi connectivity index (χ1n) is 24.4. The van der Waals surface area contributed by atoms with Crippen LogP contribution >= 0.6 is 0 Å². The van der Waals surface area contributed by atoms with Crippen LogP contribution in [0.3, 0.4) is 0 Å². The van der Waals surface area contributed by atoms with Gasteiger partial charge in [-0.15, -0.1) is 0 Å². The molecule has 12 heteroatoms. The second-order valence-electron chi connectivity index (χ2n) is 21.1. The highest BCUT2D eigenvalue weighted by Crippen LogP contribution is 2.66. The number of unbranched alkanes of at least 4 members (excludes halogenated alkanes) is 5. The van der Waals surface area contributed by atoms with Crippen molar-refractivity contribution in [1.29, 1.82) is 0 Å². The molecule has 2 aromatic rings. The summed E-state index contributed by atoms with van der Waals surface area (Å²) in [5.74, 6) is 2.30. The average Bonchev–Trinajstić information content (AvgIpc) is 4.19. The number of Topliss-reactive ketones (excluding diaryl/α,β-unsaturated/α-hetero) is 2. The van der Waals surface area contributed by atoms with Gasteiger partial charge in [0, 0.05) is 62.0 Å². The molecular formula is C51H64N2O10. The van der Waals surface area contributed by atoms with Crippen molar-refractivity contribution in [2.75, 3.05) is 26.2 Å². The Balaban J connectivity index is 0.661. The van der Waals surface area contributed by atoms with E-state index in [2.05, 4.69) is 16.7 Å². The van der Waals surface area contributed by atoms with Crippen LogP contribution < -0.4 is 18.9 Å². The standard InChI is InChI=1S/C51H64N2O10/c1-30-11-17-37(44-42(30)48-23-25-52(28-32-12-13-32)31(2)50(48,58)21-19-35(54)46(48)62-44)60-40(56)9-7-5-3-4-6-8-10-41(57)61-38-18-16-34-27-39-51(59)22-20-36(55)47-49(51,43(34)45(38)63-47)24-26-53(39)29-33-14-15-33/h11,16-18,31-33,39,46-47,58-59H,3-10,12-15,19-29H2,1-2H3/t31?,39?,46-,47-,48-,49-,50+,51+/m0/s1. The smallest absolute Gasteiger partial charge is 0.311 e. The zero-order valence-electron chi connectivity index (χ0n) is 37.1. The maximum atomic E-state index is 13.5. The fourth-order valence-corrected chi connectivity index (χ4v) is 13.9. The van der Waals surface area contributed by atoms with E-state index < -0.39 is 34.2 Å². The molecule has 4 aliphatic heterocycles. The number of likely N-dealkylation sites (tertiary alicyclic amines) is 2. The fraction of sp³-hybridized carbons (Fsp3) is 0.686. The Kier molecular flexibility index (Phi) is 10.2.